The van der Waals surface area contributed by atoms with Gasteiger partial charge in [-0.25, -0.2) is 4.98 Å². The number of nitrogens with one attached hydrogen (secondary N) is 1. The highest BCUT2D eigenvalue weighted by Crippen LogP contribution is 2.24. The van der Waals surface area contributed by atoms with Crippen LogP contribution in [0.5, 0.6) is 0 Å². The van der Waals surface area contributed by atoms with E-state index in [1.165, 1.54) is 19.3 Å². The van der Waals surface area contributed by atoms with Crippen molar-refractivity contribution in [3.63, 3.8) is 0 Å². The summed E-state index contributed by atoms with van der Waals surface area (Å²) >= 11 is 0. The third kappa shape index (κ3) is 2.86. The van der Waals surface area contributed by atoms with Gasteiger partial charge in [0.05, 0.1) is 18.2 Å². The number of imidazole rings is 1. The highest BCUT2D eigenvalue weighted by molar-refractivity contribution is 5.03. The molecule has 5 heteroatoms. The molecule has 1 fully saturated rings. The maximum absolute atomic E-state index is 5.30. The maximum atomic E-state index is 5.30. The number of hydrogen-bond acceptors (Lipinski definition) is 4. The summed E-state index contributed by atoms with van der Waals surface area (Å²) in [5, 5.41) is 3.46. The molecule has 1 N–H and O–H groups in total. The summed E-state index contributed by atoms with van der Waals surface area (Å²) < 4.78 is 12.8. The van der Waals surface area contributed by atoms with Crippen LogP contribution in [0.4, 0.5) is 0 Å². The highest BCUT2D eigenvalue weighted by atomic mass is 16.7. The van der Waals surface area contributed by atoms with Crippen LogP contribution in [0.25, 0.3) is 0 Å². The SMILES string of the molecule is COC(OC)c1cncn1C1CCCCNC1. The van der Waals surface area contributed by atoms with E-state index < -0.39 is 0 Å². The molecule has 1 aliphatic rings. The number of hydrogen-bond donors (Lipinski definition) is 1. The van der Waals surface area contributed by atoms with E-state index in [1.54, 1.807) is 14.2 Å². The Labute approximate surface area is 102 Å². The molecule has 0 spiro atoms. The van der Waals surface area contributed by atoms with Crippen LogP contribution in [-0.2, 0) is 9.47 Å². The van der Waals surface area contributed by atoms with Crippen LogP contribution in [0.15, 0.2) is 12.5 Å². The Morgan fingerprint density at radius 2 is 2.24 bits per heavy atom. The fraction of sp³-hybridized carbons (Fsp3) is 0.750. The zero-order valence-corrected chi connectivity index (χ0v) is 10.6. The summed E-state index contributed by atoms with van der Waals surface area (Å²) in [6, 6.07) is 0.447. The molecular weight excluding hydrogens is 218 g/mol. The van der Waals surface area contributed by atoms with Gasteiger partial charge in [0.1, 0.15) is 0 Å². The van der Waals surface area contributed by atoms with Crippen LogP contribution in [0, 0.1) is 0 Å². The van der Waals surface area contributed by atoms with E-state index in [2.05, 4.69) is 14.9 Å². The largest absolute Gasteiger partial charge is 0.350 e. The molecule has 2 heterocycles. The second kappa shape index (κ2) is 6.14. The summed E-state index contributed by atoms with van der Waals surface area (Å²) in [7, 11) is 3.30. The van der Waals surface area contributed by atoms with Gasteiger partial charge in [-0.2, -0.15) is 0 Å². The second-order valence-electron chi connectivity index (χ2n) is 4.38. The quantitative estimate of drug-likeness (QED) is 0.809. The first-order valence-corrected chi connectivity index (χ1v) is 6.15. The molecule has 1 aromatic heterocycles. The Bertz CT molecular complexity index is 328. The summed E-state index contributed by atoms with van der Waals surface area (Å²) in [5.74, 6) is 0. The topological polar surface area (TPSA) is 48.3 Å². The molecule has 2 rings (SSSR count). The summed E-state index contributed by atoms with van der Waals surface area (Å²) in [4.78, 5) is 4.22. The first-order valence-electron chi connectivity index (χ1n) is 6.15. The van der Waals surface area contributed by atoms with Crippen LogP contribution in [0.2, 0.25) is 0 Å². The predicted octanol–water partition coefficient (Wildman–Crippen LogP) is 1.49. The monoisotopic (exact) mass is 239 g/mol. The number of rotatable bonds is 4. The molecule has 96 valence electrons. The van der Waals surface area contributed by atoms with E-state index in [9.17, 15) is 0 Å². The molecular formula is C12H21N3O2. The number of ether oxygens (including phenoxy) is 2. The Kier molecular flexibility index (Phi) is 4.53. The fourth-order valence-corrected chi connectivity index (χ4v) is 2.38. The van der Waals surface area contributed by atoms with E-state index in [4.69, 9.17) is 9.47 Å². The van der Waals surface area contributed by atoms with Gasteiger partial charge in [0.15, 0.2) is 6.29 Å². The van der Waals surface area contributed by atoms with Crippen molar-refractivity contribution in [3.8, 4) is 0 Å². The van der Waals surface area contributed by atoms with Crippen molar-refractivity contribution in [3.05, 3.63) is 18.2 Å². The zero-order chi connectivity index (χ0) is 12.1. The van der Waals surface area contributed by atoms with E-state index in [0.29, 0.717) is 6.04 Å². The Hall–Kier alpha value is -0.910. The molecule has 0 bridgehead atoms. The summed E-state index contributed by atoms with van der Waals surface area (Å²) in [5.41, 5.74) is 0.990. The smallest absolute Gasteiger partial charge is 0.200 e. The van der Waals surface area contributed by atoms with Gasteiger partial charge >= 0.3 is 0 Å². The summed E-state index contributed by atoms with van der Waals surface area (Å²) in [6.07, 6.45) is 7.04. The molecule has 1 aromatic rings. The third-order valence-corrected chi connectivity index (χ3v) is 3.28. The van der Waals surface area contributed by atoms with Crippen molar-refractivity contribution in [1.82, 2.24) is 14.9 Å². The van der Waals surface area contributed by atoms with Gasteiger partial charge in [0.25, 0.3) is 0 Å². The van der Waals surface area contributed by atoms with Gasteiger partial charge in [-0.15, -0.1) is 0 Å². The van der Waals surface area contributed by atoms with E-state index >= 15 is 0 Å². The van der Waals surface area contributed by atoms with Gasteiger partial charge in [-0.3, -0.25) is 0 Å². The van der Waals surface area contributed by atoms with Gasteiger partial charge in [-0.1, -0.05) is 6.42 Å². The minimum atomic E-state index is -0.333. The van der Waals surface area contributed by atoms with Gasteiger partial charge < -0.3 is 19.4 Å². The first kappa shape index (κ1) is 12.5. The third-order valence-electron chi connectivity index (χ3n) is 3.28. The van der Waals surface area contributed by atoms with Crippen LogP contribution in [-0.4, -0.2) is 36.9 Å². The molecule has 5 nitrogen and oxygen atoms in total. The number of methoxy groups -OCH3 is 2. The Morgan fingerprint density at radius 1 is 1.41 bits per heavy atom. The molecule has 1 saturated heterocycles. The van der Waals surface area contributed by atoms with Gasteiger partial charge in [-0.05, 0) is 19.4 Å². The van der Waals surface area contributed by atoms with Crippen molar-refractivity contribution in [2.24, 2.45) is 0 Å². The highest BCUT2D eigenvalue weighted by Gasteiger charge is 2.21. The minimum absolute atomic E-state index is 0.333. The number of nitrogens with zero attached hydrogens (tertiary/aromatic N) is 2. The predicted molar refractivity (Wildman–Crippen MR) is 64.7 cm³/mol. The van der Waals surface area contributed by atoms with Crippen molar-refractivity contribution in [2.45, 2.75) is 31.6 Å². The van der Waals surface area contributed by atoms with Crippen molar-refractivity contribution in [1.29, 1.82) is 0 Å². The maximum Gasteiger partial charge on any atom is 0.200 e. The van der Waals surface area contributed by atoms with Crippen LogP contribution >= 0.6 is 0 Å². The van der Waals surface area contributed by atoms with Crippen LogP contribution in [0.1, 0.15) is 37.3 Å². The number of aromatic nitrogens is 2. The standard InChI is InChI=1S/C12H21N3O2/c1-16-12(17-2)11-8-14-9-15(11)10-5-3-4-6-13-7-10/h8-10,12-13H,3-7H2,1-2H3. The molecule has 0 aromatic carbocycles. The fourth-order valence-electron chi connectivity index (χ4n) is 2.38. The van der Waals surface area contributed by atoms with E-state index in [-0.39, 0.29) is 6.29 Å². The Balaban J connectivity index is 2.16. The van der Waals surface area contributed by atoms with E-state index in [0.717, 1.165) is 18.8 Å². The van der Waals surface area contributed by atoms with Crippen molar-refractivity contribution >= 4 is 0 Å². The molecule has 1 atom stereocenters. The molecule has 1 unspecified atom stereocenters. The molecule has 0 saturated carbocycles. The minimum Gasteiger partial charge on any atom is -0.350 e. The lowest BCUT2D eigenvalue weighted by molar-refractivity contribution is -0.111. The average molecular weight is 239 g/mol. The molecule has 17 heavy (non-hydrogen) atoms. The lowest BCUT2D eigenvalue weighted by atomic mass is 10.1. The van der Waals surface area contributed by atoms with Crippen molar-refractivity contribution in [2.75, 3.05) is 27.3 Å². The van der Waals surface area contributed by atoms with E-state index in [1.807, 2.05) is 12.5 Å². The van der Waals surface area contributed by atoms with Gasteiger partial charge in [0, 0.05) is 26.8 Å². The molecule has 1 aliphatic heterocycles. The molecule has 0 aliphatic carbocycles. The lowest BCUT2D eigenvalue weighted by Crippen LogP contribution is -2.25. The zero-order valence-electron chi connectivity index (χ0n) is 10.6. The van der Waals surface area contributed by atoms with Gasteiger partial charge in [0.2, 0.25) is 0 Å². The Morgan fingerprint density at radius 3 is 3.00 bits per heavy atom. The second-order valence-corrected chi connectivity index (χ2v) is 4.38. The molecule has 0 radical (unpaired) electrons. The summed E-state index contributed by atoms with van der Waals surface area (Å²) in [6.45, 7) is 2.10. The average Bonchev–Trinajstić information content (AvgIpc) is 2.66. The molecule has 0 amide bonds. The lowest BCUT2D eigenvalue weighted by Gasteiger charge is -2.22. The van der Waals surface area contributed by atoms with Crippen LogP contribution < -0.4 is 5.32 Å². The first-order chi connectivity index (χ1) is 8.36. The van der Waals surface area contributed by atoms with Crippen LogP contribution in [0.3, 0.4) is 0 Å². The normalized spacial score (nSPS) is 21.7. The van der Waals surface area contributed by atoms with Crippen molar-refractivity contribution < 1.29 is 9.47 Å².